The van der Waals surface area contributed by atoms with Gasteiger partial charge in [-0.3, -0.25) is 9.59 Å². The van der Waals surface area contributed by atoms with Crippen molar-refractivity contribution in [2.45, 2.75) is 18.3 Å². The maximum atomic E-state index is 13.3. The van der Waals surface area contributed by atoms with E-state index in [4.69, 9.17) is 5.73 Å². The van der Waals surface area contributed by atoms with Crippen LogP contribution in [0.3, 0.4) is 0 Å². The molecular formula is C21H25BrN4O4S. The standard InChI is InChI=1S/C21H25BrN4O4S/c22-18-9-4-8-17(14-18)21(28)25-12-5-13-26(20(25)19(27)24-11-10-23)31(29,30)15-16-6-2-1-3-7-16/h1-4,6-9,14,20H,5,10-13,15,23H2,(H,24,27). The maximum absolute atomic E-state index is 13.3. The van der Waals surface area contributed by atoms with Crippen molar-refractivity contribution < 1.29 is 18.0 Å². The molecule has 3 N–H and O–H groups in total. The van der Waals surface area contributed by atoms with Gasteiger partial charge < -0.3 is 16.0 Å². The molecule has 0 radical (unpaired) electrons. The van der Waals surface area contributed by atoms with Gasteiger partial charge in [0.25, 0.3) is 11.8 Å². The minimum Gasteiger partial charge on any atom is -0.352 e. The van der Waals surface area contributed by atoms with Crippen LogP contribution in [0.25, 0.3) is 0 Å². The molecule has 31 heavy (non-hydrogen) atoms. The molecule has 3 rings (SSSR count). The van der Waals surface area contributed by atoms with Crippen LogP contribution in [0, 0.1) is 0 Å². The summed E-state index contributed by atoms with van der Waals surface area (Å²) in [7, 11) is -3.87. The summed E-state index contributed by atoms with van der Waals surface area (Å²) in [5.74, 6) is -1.23. The number of benzene rings is 2. The fourth-order valence-electron chi connectivity index (χ4n) is 3.51. The highest BCUT2D eigenvalue weighted by Crippen LogP contribution is 2.24. The highest BCUT2D eigenvalue weighted by atomic mass is 79.9. The zero-order valence-corrected chi connectivity index (χ0v) is 19.3. The van der Waals surface area contributed by atoms with Gasteiger partial charge in [-0.05, 0) is 30.2 Å². The number of sulfonamides is 1. The Labute approximate surface area is 190 Å². The predicted molar refractivity (Wildman–Crippen MR) is 121 cm³/mol. The number of hydrogen-bond acceptors (Lipinski definition) is 5. The Kier molecular flexibility index (Phi) is 7.82. The van der Waals surface area contributed by atoms with Crippen LogP contribution in [-0.2, 0) is 20.6 Å². The number of nitrogens with zero attached hydrogens (tertiary/aromatic N) is 2. The van der Waals surface area contributed by atoms with Crippen molar-refractivity contribution in [2.75, 3.05) is 26.2 Å². The molecule has 10 heteroatoms. The van der Waals surface area contributed by atoms with Gasteiger partial charge in [0.15, 0.2) is 6.17 Å². The summed E-state index contributed by atoms with van der Waals surface area (Å²) in [6, 6.07) is 15.5. The molecule has 1 unspecified atom stereocenters. The molecule has 0 aliphatic carbocycles. The monoisotopic (exact) mass is 508 g/mol. The van der Waals surface area contributed by atoms with Crippen molar-refractivity contribution in [2.24, 2.45) is 5.73 Å². The summed E-state index contributed by atoms with van der Waals surface area (Å²) < 4.78 is 28.4. The number of hydrogen-bond donors (Lipinski definition) is 2. The van der Waals surface area contributed by atoms with Gasteiger partial charge in [-0.1, -0.05) is 52.3 Å². The molecular weight excluding hydrogens is 484 g/mol. The van der Waals surface area contributed by atoms with Gasteiger partial charge in [0, 0.05) is 36.2 Å². The number of amides is 2. The molecule has 0 saturated carbocycles. The third-order valence-corrected chi connectivity index (χ3v) is 7.19. The van der Waals surface area contributed by atoms with E-state index in [0.29, 0.717) is 22.0 Å². The van der Waals surface area contributed by atoms with Crippen molar-refractivity contribution in [3.8, 4) is 0 Å². The number of halogens is 1. The molecule has 1 aliphatic rings. The van der Waals surface area contributed by atoms with E-state index in [1.165, 1.54) is 4.90 Å². The van der Waals surface area contributed by atoms with Crippen molar-refractivity contribution in [3.05, 3.63) is 70.2 Å². The summed E-state index contributed by atoms with van der Waals surface area (Å²) in [5, 5.41) is 2.64. The normalized spacial score (nSPS) is 17.4. The lowest BCUT2D eigenvalue weighted by atomic mass is 10.1. The molecule has 1 fully saturated rings. The van der Waals surface area contributed by atoms with E-state index in [9.17, 15) is 18.0 Å². The number of carbonyl (C=O) groups excluding carboxylic acids is 2. The maximum Gasteiger partial charge on any atom is 0.259 e. The van der Waals surface area contributed by atoms with Crippen molar-refractivity contribution in [3.63, 3.8) is 0 Å². The van der Waals surface area contributed by atoms with E-state index in [1.807, 2.05) is 0 Å². The largest absolute Gasteiger partial charge is 0.352 e. The van der Waals surface area contributed by atoms with Gasteiger partial charge >= 0.3 is 0 Å². The van der Waals surface area contributed by atoms with Crippen molar-refractivity contribution >= 4 is 37.8 Å². The van der Waals surface area contributed by atoms with Crippen LogP contribution in [0.1, 0.15) is 22.3 Å². The summed E-state index contributed by atoms with van der Waals surface area (Å²) >= 11 is 3.34. The quantitative estimate of drug-likeness (QED) is 0.588. The van der Waals surface area contributed by atoms with Crippen LogP contribution >= 0.6 is 15.9 Å². The van der Waals surface area contributed by atoms with E-state index in [-0.39, 0.29) is 31.9 Å². The minimum absolute atomic E-state index is 0.151. The molecule has 1 saturated heterocycles. The number of nitrogens with two attached hydrogens (primary N) is 1. The van der Waals surface area contributed by atoms with Gasteiger partial charge in [-0.2, -0.15) is 4.31 Å². The third-order valence-electron chi connectivity index (χ3n) is 4.91. The third kappa shape index (κ3) is 5.70. The average molecular weight is 509 g/mol. The SMILES string of the molecule is NCCNC(=O)C1N(C(=O)c2cccc(Br)c2)CCCN1S(=O)(=O)Cc1ccccc1. The molecule has 0 bridgehead atoms. The van der Waals surface area contributed by atoms with E-state index in [2.05, 4.69) is 21.2 Å². The lowest BCUT2D eigenvalue weighted by Gasteiger charge is -2.41. The topological polar surface area (TPSA) is 113 Å². The van der Waals surface area contributed by atoms with Crippen LogP contribution in [0.5, 0.6) is 0 Å². The fraction of sp³-hybridized carbons (Fsp3) is 0.333. The Morgan fingerprint density at radius 1 is 1.10 bits per heavy atom. The van der Waals surface area contributed by atoms with Gasteiger partial charge in [-0.25, -0.2) is 8.42 Å². The van der Waals surface area contributed by atoms with E-state index < -0.39 is 28.0 Å². The second-order valence-corrected chi connectivity index (χ2v) is 10.0. The average Bonchev–Trinajstić information content (AvgIpc) is 2.76. The lowest BCUT2D eigenvalue weighted by Crippen LogP contribution is -2.63. The Morgan fingerprint density at radius 2 is 1.84 bits per heavy atom. The summed E-state index contributed by atoms with van der Waals surface area (Å²) in [6.45, 7) is 0.803. The molecule has 2 amide bonds. The van der Waals surface area contributed by atoms with Crippen LogP contribution in [0.2, 0.25) is 0 Å². The number of nitrogens with one attached hydrogen (secondary N) is 1. The summed E-state index contributed by atoms with van der Waals surface area (Å²) in [6.07, 6.45) is -0.852. The first-order valence-electron chi connectivity index (χ1n) is 9.91. The Hall–Kier alpha value is -2.27. The first kappa shape index (κ1) is 23.4. The van der Waals surface area contributed by atoms with Crippen LogP contribution < -0.4 is 11.1 Å². The molecule has 1 aliphatic heterocycles. The van der Waals surface area contributed by atoms with E-state index in [0.717, 1.165) is 4.31 Å². The van der Waals surface area contributed by atoms with Crippen LogP contribution in [0.15, 0.2) is 59.1 Å². The van der Waals surface area contributed by atoms with Crippen LogP contribution in [0.4, 0.5) is 0 Å². The highest BCUT2D eigenvalue weighted by molar-refractivity contribution is 9.10. The smallest absolute Gasteiger partial charge is 0.259 e. The molecule has 2 aromatic carbocycles. The second kappa shape index (κ2) is 10.4. The molecule has 1 heterocycles. The molecule has 1 atom stereocenters. The molecule has 0 spiro atoms. The predicted octanol–water partition coefficient (Wildman–Crippen LogP) is 1.53. The Balaban J connectivity index is 1.95. The summed E-state index contributed by atoms with van der Waals surface area (Å²) in [5.41, 5.74) is 6.48. The van der Waals surface area contributed by atoms with Crippen LogP contribution in [-0.4, -0.2) is 61.8 Å². The molecule has 2 aromatic rings. The molecule has 0 aromatic heterocycles. The minimum atomic E-state index is -3.87. The Bertz CT molecular complexity index is 1030. The zero-order valence-electron chi connectivity index (χ0n) is 16.9. The first-order chi connectivity index (χ1) is 14.8. The van der Waals surface area contributed by atoms with E-state index in [1.54, 1.807) is 54.6 Å². The summed E-state index contributed by atoms with van der Waals surface area (Å²) in [4.78, 5) is 27.6. The Morgan fingerprint density at radius 3 is 2.52 bits per heavy atom. The van der Waals surface area contributed by atoms with E-state index >= 15 is 0 Å². The van der Waals surface area contributed by atoms with Gasteiger partial charge in [0.05, 0.1) is 5.75 Å². The van der Waals surface area contributed by atoms with Crippen molar-refractivity contribution in [1.82, 2.24) is 14.5 Å². The molecule has 8 nitrogen and oxygen atoms in total. The van der Waals surface area contributed by atoms with Gasteiger partial charge in [0.1, 0.15) is 0 Å². The molecule has 166 valence electrons. The van der Waals surface area contributed by atoms with Crippen molar-refractivity contribution in [1.29, 1.82) is 0 Å². The van der Waals surface area contributed by atoms with Gasteiger partial charge in [-0.15, -0.1) is 0 Å². The first-order valence-corrected chi connectivity index (χ1v) is 12.3. The second-order valence-electron chi connectivity index (χ2n) is 7.17. The number of rotatable bonds is 7. The lowest BCUT2D eigenvalue weighted by molar-refractivity contribution is -0.130. The van der Waals surface area contributed by atoms with Gasteiger partial charge in [0.2, 0.25) is 10.0 Å². The number of carbonyl (C=O) groups is 2. The fourth-order valence-corrected chi connectivity index (χ4v) is 5.61. The zero-order chi connectivity index (χ0) is 22.4. The highest BCUT2D eigenvalue weighted by Gasteiger charge is 2.43.